The number of nitrogens with zero attached hydrogens (tertiary/aromatic N) is 2. The summed E-state index contributed by atoms with van der Waals surface area (Å²) in [5.41, 5.74) is 1.27. The van der Waals surface area contributed by atoms with Gasteiger partial charge in [0, 0.05) is 5.56 Å². The van der Waals surface area contributed by atoms with Gasteiger partial charge < -0.3 is 28.8 Å². The molecule has 10 nitrogen and oxygen atoms in total. The highest BCUT2D eigenvalue weighted by Gasteiger charge is 2.48. The Morgan fingerprint density at radius 2 is 1.66 bits per heavy atom. The second-order valence-electron chi connectivity index (χ2n) is 8.92. The van der Waals surface area contributed by atoms with Crippen LogP contribution in [0, 0.1) is 0 Å². The molecule has 1 fully saturated rings. The van der Waals surface area contributed by atoms with Crippen LogP contribution in [0.1, 0.15) is 24.1 Å². The molecule has 0 spiro atoms. The number of Topliss-reactive ketones (excluding diaryl/α,β-unsaturated/α-hetero) is 1. The molecule has 1 atom stereocenters. The Bertz CT molecular complexity index is 1650. The number of methoxy groups -OCH3 is 4. The molecule has 1 saturated heterocycles. The van der Waals surface area contributed by atoms with Crippen LogP contribution in [0.4, 0.5) is 5.13 Å². The first kappa shape index (κ1) is 27.8. The Morgan fingerprint density at radius 3 is 2.29 bits per heavy atom. The lowest BCUT2D eigenvalue weighted by atomic mass is 9.94. The maximum atomic E-state index is 13.7. The lowest BCUT2D eigenvalue weighted by Gasteiger charge is -2.24. The number of ketones is 1. The monoisotopic (exact) mass is 576 g/mol. The predicted octanol–water partition coefficient (Wildman–Crippen LogP) is 5.36. The second kappa shape index (κ2) is 11.4. The first-order valence-electron chi connectivity index (χ1n) is 12.6. The number of ether oxygens (including phenoxy) is 5. The van der Waals surface area contributed by atoms with Gasteiger partial charge in [-0.1, -0.05) is 23.5 Å². The van der Waals surface area contributed by atoms with Gasteiger partial charge in [0.2, 0.25) is 5.75 Å². The Hall–Kier alpha value is -4.77. The topological polar surface area (TPSA) is 117 Å². The van der Waals surface area contributed by atoms with Crippen molar-refractivity contribution >= 4 is 44.1 Å². The number of aliphatic hydroxyl groups is 1. The molecule has 1 aliphatic rings. The van der Waals surface area contributed by atoms with Gasteiger partial charge in [-0.05, 0) is 55.0 Å². The molecule has 1 amide bonds. The molecule has 1 aliphatic heterocycles. The second-order valence-corrected chi connectivity index (χ2v) is 9.93. The fraction of sp³-hybridized carbons (Fsp3) is 0.233. The van der Waals surface area contributed by atoms with Gasteiger partial charge in [-0.3, -0.25) is 14.5 Å². The van der Waals surface area contributed by atoms with Crippen molar-refractivity contribution < 1.29 is 38.4 Å². The van der Waals surface area contributed by atoms with E-state index >= 15 is 0 Å². The molecule has 212 valence electrons. The SMILES string of the molecule is CCOc1ccc2nc(N3C(=O)C(=O)C(=C(O)c4cccc(OC)c4)C3c3cc(OC)c(OC)c(OC)c3)sc2c1. The lowest BCUT2D eigenvalue weighted by Crippen LogP contribution is -2.29. The van der Waals surface area contributed by atoms with Crippen molar-refractivity contribution in [3.05, 3.63) is 71.3 Å². The summed E-state index contributed by atoms with van der Waals surface area (Å²) >= 11 is 1.23. The largest absolute Gasteiger partial charge is 0.507 e. The molecule has 1 aromatic heterocycles. The van der Waals surface area contributed by atoms with Gasteiger partial charge in [0.05, 0.1) is 56.9 Å². The van der Waals surface area contributed by atoms with Crippen molar-refractivity contribution in [1.82, 2.24) is 4.98 Å². The van der Waals surface area contributed by atoms with Crippen LogP contribution in [0.15, 0.2) is 60.2 Å². The molecule has 2 heterocycles. The quantitative estimate of drug-likeness (QED) is 0.160. The number of rotatable bonds is 9. The molecule has 4 aromatic rings. The molecule has 1 N–H and O–H groups in total. The average Bonchev–Trinajstić information content (AvgIpc) is 3.53. The number of benzene rings is 3. The van der Waals surface area contributed by atoms with Crippen LogP contribution >= 0.6 is 11.3 Å². The third-order valence-corrected chi connectivity index (χ3v) is 7.67. The summed E-state index contributed by atoms with van der Waals surface area (Å²) in [7, 11) is 5.92. The Labute approximate surface area is 240 Å². The Balaban J connectivity index is 1.76. The van der Waals surface area contributed by atoms with E-state index in [9.17, 15) is 14.7 Å². The highest BCUT2D eigenvalue weighted by Crippen LogP contribution is 2.48. The van der Waals surface area contributed by atoms with Gasteiger partial charge >= 0.3 is 5.91 Å². The summed E-state index contributed by atoms with van der Waals surface area (Å²) in [6, 6.07) is 14.3. The summed E-state index contributed by atoms with van der Waals surface area (Å²) in [5, 5.41) is 11.8. The molecule has 1 unspecified atom stereocenters. The van der Waals surface area contributed by atoms with E-state index in [-0.39, 0.29) is 16.5 Å². The molecule has 3 aromatic carbocycles. The number of hydrogen-bond acceptors (Lipinski definition) is 10. The summed E-state index contributed by atoms with van der Waals surface area (Å²) in [5.74, 6) is 0.0603. The van der Waals surface area contributed by atoms with Gasteiger partial charge in [-0.15, -0.1) is 0 Å². The molecule has 0 bridgehead atoms. The standard InChI is InChI=1S/C30H28N2O8S/c1-6-40-19-10-11-20-23(15-19)41-30(31-20)32-25(17-13-21(37-3)28(39-5)22(14-17)38-4)24(27(34)29(32)35)26(33)16-8-7-9-18(12-16)36-2/h7-15,25,33H,6H2,1-5H3. The number of carbonyl (C=O) groups is 2. The van der Waals surface area contributed by atoms with Crippen LogP contribution in [0.5, 0.6) is 28.7 Å². The fourth-order valence-corrected chi connectivity index (χ4v) is 5.80. The van der Waals surface area contributed by atoms with Crippen LogP contribution in [-0.2, 0) is 9.59 Å². The molecular weight excluding hydrogens is 548 g/mol. The van der Waals surface area contributed by atoms with E-state index in [0.717, 1.165) is 4.70 Å². The number of hydrogen-bond donors (Lipinski definition) is 1. The number of thiazole rings is 1. The summed E-state index contributed by atoms with van der Waals surface area (Å²) < 4.78 is 28.3. The summed E-state index contributed by atoms with van der Waals surface area (Å²) in [6.45, 7) is 2.39. The summed E-state index contributed by atoms with van der Waals surface area (Å²) in [4.78, 5) is 33.3. The molecule has 0 saturated carbocycles. The van der Waals surface area contributed by atoms with Gasteiger partial charge in [0.15, 0.2) is 16.6 Å². The van der Waals surface area contributed by atoms with Crippen molar-refractivity contribution in [2.75, 3.05) is 39.9 Å². The maximum absolute atomic E-state index is 13.7. The number of aromatic nitrogens is 1. The van der Waals surface area contributed by atoms with Crippen molar-refractivity contribution in [2.45, 2.75) is 13.0 Å². The highest BCUT2D eigenvalue weighted by atomic mass is 32.1. The minimum absolute atomic E-state index is 0.119. The normalized spacial score (nSPS) is 16.2. The zero-order valence-corrected chi connectivity index (χ0v) is 23.9. The Kier molecular flexibility index (Phi) is 7.71. The van der Waals surface area contributed by atoms with E-state index < -0.39 is 17.7 Å². The van der Waals surface area contributed by atoms with Gasteiger partial charge in [0.1, 0.15) is 17.3 Å². The number of anilines is 1. The third-order valence-electron chi connectivity index (χ3n) is 6.66. The lowest BCUT2D eigenvalue weighted by molar-refractivity contribution is -0.132. The highest BCUT2D eigenvalue weighted by molar-refractivity contribution is 7.22. The number of fused-ring (bicyclic) bond motifs is 1. The summed E-state index contributed by atoms with van der Waals surface area (Å²) in [6.07, 6.45) is 0. The van der Waals surface area contributed by atoms with E-state index in [1.54, 1.807) is 48.5 Å². The third kappa shape index (κ3) is 4.89. The molecule has 41 heavy (non-hydrogen) atoms. The average molecular weight is 577 g/mol. The molecular formula is C30H28N2O8S. The number of aliphatic hydroxyl groups excluding tert-OH is 1. The zero-order valence-electron chi connectivity index (χ0n) is 23.1. The van der Waals surface area contributed by atoms with E-state index in [1.807, 2.05) is 13.0 Å². The van der Waals surface area contributed by atoms with Crippen molar-refractivity contribution in [2.24, 2.45) is 0 Å². The minimum Gasteiger partial charge on any atom is -0.507 e. The van der Waals surface area contributed by atoms with Crippen molar-refractivity contribution in [3.63, 3.8) is 0 Å². The Morgan fingerprint density at radius 1 is 0.927 bits per heavy atom. The van der Waals surface area contributed by atoms with E-state index in [2.05, 4.69) is 4.98 Å². The van der Waals surface area contributed by atoms with Crippen molar-refractivity contribution in [3.8, 4) is 28.7 Å². The fourth-order valence-electron chi connectivity index (χ4n) is 4.78. The van der Waals surface area contributed by atoms with Crippen LogP contribution in [0.25, 0.3) is 16.0 Å². The molecule has 11 heteroatoms. The first-order valence-corrected chi connectivity index (χ1v) is 13.5. The number of amides is 1. The zero-order chi connectivity index (χ0) is 29.3. The van der Waals surface area contributed by atoms with Crippen LogP contribution in [0.3, 0.4) is 0 Å². The first-order chi connectivity index (χ1) is 19.8. The molecule has 0 aliphatic carbocycles. The van der Waals surface area contributed by atoms with Crippen molar-refractivity contribution in [1.29, 1.82) is 0 Å². The number of carbonyl (C=O) groups excluding carboxylic acids is 2. The van der Waals surface area contributed by atoms with E-state index in [1.165, 1.54) is 44.7 Å². The van der Waals surface area contributed by atoms with Gasteiger partial charge in [0.25, 0.3) is 5.78 Å². The molecule has 5 rings (SSSR count). The van der Waals surface area contributed by atoms with Gasteiger partial charge in [-0.25, -0.2) is 4.98 Å². The predicted molar refractivity (Wildman–Crippen MR) is 155 cm³/mol. The van der Waals surface area contributed by atoms with Crippen LogP contribution in [0.2, 0.25) is 0 Å². The minimum atomic E-state index is -1.07. The van der Waals surface area contributed by atoms with Gasteiger partial charge in [-0.2, -0.15) is 0 Å². The van der Waals surface area contributed by atoms with Crippen LogP contribution in [-0.4, -0.2) is 56.8 Å². The molecule has 0 radical (unpaired) electrons. The van der Waals surface area contributed by atoms with Crippen LogP contribution < -0.4 is 28.6 Å². The maximum Gasteiger partial charge on any atom is 0.301 e. The smallest absolute Gasteiger partial charge is 0.301 e. The van der Waals surface area contributed by atoms with E-state index in [0.29, 0.717) is 52.0 Å². The van der Waals surface area contributed by atoms with E-state index in [4.69, 9.17) is 23.7 Å².